The maximum absolute atomic E-state index is 12.7. The molecule has 0 saturated heterocycles. The lowest BCUT2D eigenvalue weighted by Gasteiger charge is -2.09. The molecule has 1 amide bonds. The highest BCUT2D eigenvalue weighted by Crippen LogP contribution is 2.30. The minimum Gasteiger partial charge on any atom is -0.289 e. The molecule has 0 spiro atoms. The molecular weight excluding hydrogens is 454 g/mol. The van der Waals surface area contributed by atoms with Gasteiger partial charge in [0.25, 0.3) is 15.9 Å². The topological polar surface area (TPSA) is 81.1 Å². The minimum atomic E-state index is -4.50. The summed E-state index contributed by atoms with van der Waals surface area (Å²) in [6.07, 6.45) is -3.42. The van der Waals surface area contributed by atoms with Crippen LogP contribution in [0.1, 0.15) is 16.1 Å². The first-order valence-electron chi connectivity index (χ1n) is 7.73. The molecule has 3 aromatic rings. The van der Waals surface area contributed by atoms with Crippen molar-refractivity contribution < 1.29 is 26.4 Å². The lowest BCUT2D eigenvalue weighted by atomic mass is 10.2. The zero-order valence-electron chi connectivity index (χ0n) is 14.1. The molecule has 0 bridgehead atoms. The Morgan fingerprint density at radius 3 is 2.24 bits per heavy atom. The molecule has 152 valence electrons. The number of hydrogen-bond acceptors (Lipinski definition) is 4. The second-order valence-electron chi connectivity index (χ2n) is 5.66. The van der Waals surface area contributed by atoms with Gasteiger partial charge in [-0.05, 0) is 36.4 Å². The van der Waals surface area contributed by atoms with Gasteiger partial charge in [-0.3, -0.25) is 9.36 Å². The maximum Gasteiger partial charge on any atom is 0.416 e. The number of benzene rings is 2. The van der Waals surface area contributed by atoms with E-state index < -0.39 is 33.4 Å². The zero-order chi connectivity index (χ0) is 21.4. The molecule has 0 atom stereocenters. The first-order chi connectivity index (χ1) is 13.5. The maximum atomic E-state index is 12.7. The van der Waals surface area contributed by atoms with E-state index in [0.717, 1.165) is 35.2 Å². The van der Waals surface area contributed by atoms with Crippen molar-refractivity contribution in [1.29, 1.82) is 0 Å². The average molecular weight is 464 g/mol. The van der Waals surface area contributed by atoms with E-state index in [1.165, 1.54) is 24.3 Å². The van der Waals surface area contributed by atoms with E-state index in [0.29, 0.717) is 0 Å². The molecule has 12 heteroatoms. The number of imidazole rings is 1. The summed E-state index contributed by atoms with van der Waals surface area (Å²) in [5.41, 5.74) is -1.09. The van der Waals surface area contributed by atoms with Gasteiger partial charge in [0, 0.05) is 5.69 Å². The Hall–Kier alpha value is -2.56. The van der Waals surface area contributed by atoms with E-state index in [4.69, 9.17) is 23.2 Å². The van der Waals surface area contributed by atoms with Gasteiger partial charge in [0.1, 0.15) is 16.4 Å². The van der Waals surface area contributed by atoms with Crippen molar-refractivity contribution in [3.63, 3.8) is 0 Å². The van der Waals surface area contributed by atoms with Gasteiger partial charge < -0.3 is 0 Å². The predicted molar refractivity (Wildman–Crippen MR) is 99.7 cm³/mol. The van der Waals surface area contributed by atoms with Gasteiger partial charge in [-0.25, -0.2) is 18.1 Å². The van der Waals surface area contributed by atoms with E-state index in [9.17, 15) is 26.4 Å². The van der Waals surface area contributed by atoms with Crippen LogP contribution in [-0.4, -0.2) is 23.9 Å². The van der Waals surface area contributed by atoms with Crippen LogP contribution in [0.2, 0.25) is 10.2 Å². The molecule has 3 rings (SSSR count). The Morgan fingerprint density at radius 1 is 1.03 bits per heavy atom. The van der Waals surface area contributed by atoms with Crippen LogP contribution >= 0.6 is 23.2 Å². The summed E-state index contributed by atoms with van der Waals surface area (Å²) in [6.45, 7) is 0. The largest absolute Gasteiger partial charge is 0.416 e. The van der Waals surface area contributed by atoms with Gasteiger partial charge in [-0.2, -0.15) is 13.2 Å². The van der Waals surface area contributed by atoms with Crippen LogP contribution in [-0.2, 0) is 16.2 Å². The minimum absolute atomic E-state index is 0.0887. The number of nitrogens with zero attached hydrogens (tertiary/aromatic N) is 2. The highest BCUT2D eigenvalue weighted by molar-refractivity contribution is 7.90. The van der Waals surface area contributed by atoms with Crippen LogP contribution in [0.5, 0.6) is 0 Å². The highest BCUT2D eigenvalue weighted by atomic mass is 35.5. The molecule has 1 aromatic heterocycles. The number of carbonyl (C=O) groups is 1. The second-order valence-corrected chi connectivity index (χ2v) is 8.08. The summed E-state index contributed by atoms with van der Waals surface area (Å²) in [5, 5.41) is -0.370. The Balaban J connectivity index is 1.87. The van der Waals surface area contributed by atoms with Gasteiger partial charge in [0.2, 0.25) is 0 Å². The third kappa shape index (κ3) is 4.39. The molecule has 0 fully saturated rings. The SMILES string of the molecule is O=C(NS(=O)(=O)c1ccccc1Cl)c1ncn(-c2ccc(C(F)(F)F)cc2)c1Cl. The number of aromatic nitrogens is 2. The summed E-state index contributed by atoms with van der Waals surface area (Å²) < 4.78 is 65.7. The van der Waals surface area contributed by atoms with Gasteiger partial charge in [0.15, 0.2) is 5.69 Å². The number of rotatable bonds is 4. The van der Waals surface area contributed by atoms with Crippen LogP contribution in [0.4, 0.5) is 13.2 Å². The fourth-order valence-corrected chi connectivity index (χ4v) is 4.11. The van der Waals surface area contributed by atoms with Crippen molar-refractivity contribution in [2.45, 2.75) is 11.1 Å². The van der Waals surface area contributed by atoms with Gasteiger partial charge in [0.05, 0.1) is 10.6 Å². The Bertz CT molecular complexity index is 1180. The van der Waals surface area contributed by atoms with Gasteiger partial charge in [-0.15, -0.1) is 0 Å². The van der Waals surface area contributed by atoms with Crippen molar-refractivity contribution in [3.8, 4) is 5.69 Å². The first-order valence-corrected chi connectivity index (χ1v) is 9.97. The molecule has 1 N–H and O–H groups in total. The van der Waals surface area contributed by atoms with Crippen molar-refractivity contribution in [1.82, 2.24) is 14.3 Å². The Morgan fingerprint density at radius 2 is 1.66 bits per heavy atom. The molecule has 0 saturated carbocycles. The predicted octanol–water partition coefficient (Wildman–Crippen LogP) is 4.32. The fraction of sp³-hybridized carbons (Fsp3) is 0.0588. The molecule has 0 radical (unpaired) electrons. The normalized spacial score (nSPS) is 12.0. The Kier molecular flexibility index (Phi) is 5.61. The molecule has 0 aliphatic heterocycles. The number of hydrogen-bond donors (Lipinski definition) is 1. The van der Waals surface area contributed by atoms with Crippen LogP contribution < -0.4 is 4.72 Å². The number of carbonyl (C=O) groups excluding carboxylic acids is 1. The molecule has 29 heavy (non-hydrogen) atoms. The van der Waals surface area contributed by atoms with E-state index in [1.54, 1.807) is 4.72 Å². The van der Waals surface area contributed by atoms with E-state index in [-0.39, 0.29) is 20.8 Å². The van der Waals surface area contributed by atoms with Crippen molar-refractivity contribution in [2.75, 3.05) is 0 Å². The van der Waals surface area contributed by atoms with Crippen LogP contribution in [0.3, 0.4) is 0 Å². The monoisotopic (exact) mass is 463 g/mol. The lowest BCUT2D eigenvalue weighted by molar-refractivity contribution is -0.137. The number of halogens is 5. The van der Waals surface area contributed by atoms with Crippen molar-refractivity contribution in [2.24, 2.45) is 0 Å². The second kappa shape index (κ2) is 7.69. The van der Waals surface area contributed by atoms with Gasteiger partial charge >= 0.3 is 6.18 Å². The number of amides is 1. The molecule has 6 nitrogen and oxygen atoms in total. The van der Waals surface area contributed by atoms with Crippen molar-refractivity contribution in [3.05, 3.63) is 76.3 Å². The quantitative estimate of drug-likeness (QED) is 0.624. The third-order valence-electron chi connectivity index (χ3n) is 3.75. The standard InChI is InChI=1S/C17H10Cl2F3N3O3S/c18-12-3-1-2-4-13(12)29(27,28)24-16(26)14-15(19)25(9-23-14)11-7-5-10(6-8-11)17(20,21)22/h1-9H,(H,24,26). The number of alkyl halides is 3. The summed E-state index contributed by atoms with van der Waals surface area (Å²) in [7, 11) is -4.30. The highest BCUT2D eigenvalue weighted by Gasteiger charge is 2.30. The van der Waals surface area contributed by atoms with E-state index >= 15 is 0 Å². The molecule has 0 aliphatic carbocycles. The van der Waals surface area contributed by atoms with Crippen LogP contribution in [0.25, 0.3) is 5.69 Å². The summed E-state index contributed by atoms with van der Waals surface area (Å²) in [4.78, 5) is 15.8. The molecular formula is C17H10Cl2F3N3O3S. The average Bonchev–Trinajstić information content (AvgIpc) is 3.02. The zero-order valence-corrected chi connectivity index (χ0v) is 16.4. The van der Waals surface area contributed by atoms with Crippen LogP contribution in [0, 0.1) is 0 Å². The lowest BCUT2D eigenvalue weighted by Crippen LogP contribution is -2.31. The molecule has 0 aliphatic rings. The molecule has 0 unspecified atom stereocenters. The third-order valence-corrected chi connectivity index (χ3v) is 5.94. The summed E-state index contributed by atoms with van der Waals surface area (Å²) >= 11 is 11.9. The van der Waals surface area contributed by atoms with E-state index in [1.807, 2.05) is 0 Å². The smallest absolute Gasteiger partial charge is 0.289 e. The molecule has 1 heterocycles. The molecule has 2 aromatic carbocycles. The summed E-state index contributed by atoms with van der Waals surface area (Å²) in [6, 6.07) is 9.45. The first kappa shape index (κ1) is 21.2. The summed E-state index contributed by atoms with van der Waals surface area (Å²) in [5.74, 6) is -1.12. The van der Waals surface area contributed by atoms with Crippen molar-refractivity contribution >= 4 is 39.1 Å². The fourth-order valence-electron chi connectivity index (χ4n) is 2.36. The van der Waals surface area contributed by atoms with Gasteiger partial charge in [-0.1, -0.05) is 35.3 Å². The number of nitrogens with one attached hydrogen (secondary N) is 1. The number of sulfonamides is 1. The van der Waals surface area contributed by atoms with E-state index in [2.05, 4.69) is 4.98 Å². The Labute approximate surface area is 172 Å². The van der Waals surface area contributed by atoms with Crippen LogP contribution in [0.15, 0.2) is 59.8 Å².